The van der Waals surface area contributed by atoms with Crippen LogP contribution in [0.4, 0.5) is 26.3 Å². The summed E-state index contributed by atoms with van der Waals surface area (Å²) in [5.74, 6) is 0. The average molecular weight is 547 g/mol. The molecule has 0 atom stereocenters. The summed E-state index contributed by atoms with van der Waals surface area (Å²) in [7, 11) is -13.8. The maximum atomic E-state index is 13.6. The van der Waals surface area contributed by atoms with Crippen LogP contribution in [0.5, 0.6) is 0 Å². The normalized spacial score (nSPS) is 13.6. The molecule has 0 bridgehead atoms. The Morgan fingerprint density at radius 2 is 1.00 bits per heavy atom. The van der Waals surface area contributed by atoms with Crippen LogP contribution in [0.1, 0.15) is 15.7 Å². The van der Waals surface area contributed by atoms with Crippen LogP contribution in [-0.2, 0) is 19.7 Å². The van der Waals surface area contributed by atoms with Crippen molar-refractivity contribution in [1.82, 2.24) is 0 Å². The molecular weight excluding hydrogens is 530 g/mol. The van der Waals surface area contributed by atoms with Crippen LogP contribution in [0.15, 0.2) is 72.8 Å². The summed E-state index contributed by atoms with van der Waals surface area (Å²) in [5, 5.41) is 1.40. The monoisotopic (exact) mass is 546 g/mol. The van der Waals surface area contributed by atoms with Gasteiger partial charge in [0.25, 0.3) is 19.7 Å². The van der Waals surface area contributed by atoms with Crippen LogP contribution >= 0.6 is 0 Å². The van der Waals surface area contributed by atoms with E-state index in [1.807, 2.05) is 0 Å². The Hall–Kier alpha value is -3.12. The van der Waals surface area contributed by atoms with Crippen molar-refractivity contribution < 1.29 is 43.2 Å². The highest BCUT2D eigenvalue weighted by atomic mass is 32.3. The van der Waals surface area contributed by atoms with E-state index in [9.17, 15) is 43.2 Å². The second-order valence-electron chi connectivity index (χ2n) is 8.04. The second kappa shape index (κ2) is 8.48. The highest BCUT2D eigenvalue weighted by molar-refractivity contribution is 8.09. The first kappa shape index (κ1) is 26.0. The number of alkyl halides is 6. The molecule has 0 spiro atoms. The van der Waals surface area contributed by atoms with Gasteiger partial charge < -0.3 is 0 Å². The molecule has 4 nitrogen and oxygen atoms in total. The van der Waals surface area contributed by atoms with E-state index in [1.54, 1.807) is 49.4 Å². The van der Waals surface area contributed by atoms with E-state index < -0.39 is 40.8 Å². The van der Waals surface area contributed by atoms with Crippen molar-refractivity contribution in [2.24, 2.45) is 0 Å². The number of rotatable bonds is 4. The first-order valence-electron chi connectivity index (χ1n) is 10.2. The fraction of sp³-hybridized carbons (Fsp3) is 0.167. The number of halogens is 6. The number of hydrogen-bond donors (Lipinski definition) is 0. The Bertz CT molecular complexity index is 1660. The molecule has 0 N–H and O–H groups in total. The molecule has 0 heterocycles. The van der Waals surface area contributed by atoms with Crippen molar-refractivity contribution >= 4 is 41.2 Å². The van der Waals surface area contributed by atoms with Gasteiger partial charge in [-0.3, -0.25) is 0 Å². The third-order valence-corrected chi connectivity index (χ3v) is 10.3. The maximum Gasteiger partial charge on any atom is 0.499 e. The lowest BCUT2D eigenvalue weighted by Gasteiger charge is -2.25. The van der Waals surface area contributed by atoms with Gasteiger partial charge in [0.15, 0.2) is 0 Å². The van der Waals surface area contributed by atoms with Gasteiger partial charge in [-0.05, 0) is 50.7 Å². The lowest BCUT2D eigenvalue weighted by molar-refractivity contribution is -0.0472. The second-order valence-corrected chi connectivity index (χ2v) is 12.4. The minimum atomic E-state index is -6.91. The molecule has 0 saturated heterocycles. The smallest absolute Gasteiger partial charge is 0.218 e. The third kappa shape index (κ3) is 4.01. The van der Waals surface area contributed by atoms with Crippen LogP contribution < -0.4 is 0 Å². The van der Waals surface area contributed by atoms with Gasteiger partial charge in [0.1, 0.15) is 0 Å². The predicted octanol–water partition coefficient (Wildman–Crippen LogP) is 6.84. The molecule has 0 unspecified atom stereocenters. The molecule has 0 aliphatic carbocycles. The predicted molar refractivity (Wildman–Crippen MR) is 124 cm³/mol. The SMILES string of the molecule is Cc1ccc2ccccc2c1-c1c(C(S(=O)(=O)C(F)(F)F)S(=O)(=O)C(F)(F)F)ccc2ccccc12. The van der Waals surface area contributed by atoms with Gasteiger partial charge in [-0.15, -0.1) is 0 Å². The van der Waals surface area contributed by atoms with Crippen LogP contribution in [0, 0.1) is 6.92 Å². The molecular formula is C24H16F6O4S2. The molecule has 0 aliphatic rings. The topological polar surface area (TPSA) is 68.3 Å². The molecule has 0 amide bonds. The van der Waals surface area contributed by atoms with Crippen LogP contribution in [0.25, 0.3) is 32.7 Å². The zero-order valence-electron chi connectivity index (χ0n) is 18.2. The molecule has 36 heavy (non-hydrogen) atoms. The minimum absolute atomic E-state index is 0.0919. The van der Waals surface area contributed by atoms with E-state index in [4.69, 9.17) is 0 Å². The molecule has 4 rings (SSSR count). The van der Waals surface area contributed by atoms with Crippen molar-refractivity contribution in [1.29, 1.82) is 0 Å². The lowest BCUT2D eigenvalue weighted by Crippen LogP contribution is -2.39. The summed E-state index contributed by atoms with van der Waals surface area (Å²) in [5.41, 5.74) is -13.5. The number of hydrogen-bond acceptors (Lipinski definition) is 4. The van der Waals surface area contributed by atoms with Crippen LogP contribution in [0.3, 0.4) is 0 Å². The van der Waals surface area contributed by atoms with Crippen molar-refractivity contribution in [3.8, 4) is 11.1 Å². The Morgan fingerprint density at radius 1 is 0.583 bits per heavy atom. The zero-order chi connectivity index (χ0) is 26.7. The highest BCUT2D eigenvalue weighted by Crippen LogP contribution is 2.50. The maximum absolute atomic E-state index is 13.6. The molecule has 190 valence electrons. The van der Waals surface area contributed by atoms with Gasteiger partial charge in [0.05, 0.1) is 0 Å². The molecule has 0 aromatic heterocycles. The summed E-state index contributed by atoms with van der Waals surface area (Å²) in [6.07, 6.45) is 0. The van der Waals surface area contributed by atoms with E-state index in [-0.39, 0.29) is 16.5 Å². The fourth-order valence-electron chi connectivity index (χ4n) is 4.22. The number of aryl methyl sites for hydroxylation is 1. The average Bonchev–Trinajstić information content (AvgIpc) is 2.78. The Balaban J connectivity index is 2.28. The number of benzene rings is 4. The van der Waals surface area contributed by atoms with Crippen molar-refractivity contribution in [3.63, 3.8) is 0 Å². The molecule has 0 radical (unpaired) electrons. The molecule has 4 aromatic rings. The molecule has 0 saturated carbocycles. The summed E-state index contributed by atoms with van der Waals surface area (Å²) in [6, 6.07) is 17.4. The largest absolute Gasteiger partial charge is 0.499 e. The standard InChI is InChI=1S/C24H16F6O4S2/c1-14-10-11-15-6-2-4-8-17(15)20(14)21-18-9-5-3-7-16(18)12-13-19(21)22(35(31,32)23(25,26)27)36(33,34)24(28,29)30/h2-13,22H,1H3. The molecule has 0 fully saturated rings. The van der Waals surface area contributed by atoms with E-state index in [2.05, 4.69) is 0 Å². The van der Waals surface area contributed by atoms with E-state index in [0.717, 1.165) is 6.07 Å². The zero-order valence-corrected chi connectivity index (χ0v) is 19.9. The first-order chi connectivity index (χ1) is 16.6. The third-order valence-electron chi connectivity index (χ3n) is 5.81. The lowest BCUT2D eigenvalue weighted by atomic mass is 9.88. The molecule has 0 aliphatic heterocycles. The summed E-state index contributed by atoms with van der Waals surface area (Å²) in [4.78, 5) is 0. The van der Waals surface area contributed by atoms with Gasteiger partial charge in [-0.1, -0.05) is 72.8 Å². The van der Waals surface area contributed by atoms with Gasteiger partial charge in [-0.25, -0.2) is 16.8 Å². The van der Waals surface area contributed by atoms with Crippen LogP contribution in [0.2, 0.25) is 0 Å². The van der Waals surface area contributed by atoms with E-state index in [0.29, 0.717) is 27.8 Å². The minimum Gasteiger partial charge on any atom is -0.218 e. The van der Waals surface area contributed by atoms with Gasteiger partial charge in [0.2, 0.25) is 4.58 Å². The van der Waals surface area contributed by atoms with Crippen LogP contribution in [-0.4, -0.2) is 27.9 Å². The fourth-order valence-corrected chi connectivity index (χ4v) is 7.76. The Kier molecular flexibility index (Phi) is 6.11. The Morgan fingerprint density at radius 3 is 1.47 bits per heavy atom. The number of sulfone groups is 2. The van der Waals surface area contributed by atoms with Crippen molar-refractivity contribution in [2.75, 3.05) is 0 Å². The summed E-state index contributed by atoms with van der Waals surface area (Å²) in [6.45, 7) is 1.54. The highest BCUT2D eigenvalue weighted by Gasteiger charge is 2.64. The Labute approximate surface area is 202 Å². The van der Waals surface area contributed by atoms with E-state index in [1.165, 1.54) is 18.2 Å². The number of fused-ring (bicyclic) bond motifs is 2. The van der Waals surface area contributed by atoms with Gasteiger partial charge in [0, 0.05) is 0 Å². The first-order valence-corrected chi connectivity index (χ1v) is 13.3. The van der Waals surface area contributed by atoms with E-state index >= 15 is 0 Å². The van der Waals surface area contributed by atoms with Crippen molar-refractivity contribution in [3.05, 3.63) is 83.9 Å². The molecule has 4 aromatic carbocycles. The molecule has 12 heteroatoms. The quantitative estimate of drug-likeness (QED) is 0.263. The van der Waals surface area contributed by atoms with Gasteiger partial charge in [-0.2, -0.15) is 26.3 Å². The van der Waals surface area contributed by atoms with Crippen molar-refractivity contribution in [2.45, 2.75) is 22.5 Å². The van der Waals surface area contributed by atoms with Gasteiger partial charge >= 0.3 is 11.0 Å². The summed E-state index contributed by atoms with van der Waals surface area (Å²) < 4.78 is 128. The summed E-state index contributed by atoms with van der Waals surface area (Å²) >= 11 is 0.